The van der Waals surface area contributed by atoms with Gasteiger partial charge in [0.05, 0.1) is 6.10 Å². The van der Waals surface area contributed by atoms with Crippen LogP contribution in [-0.2, 0) is 4.74 Å². The Hall–Kier alpha value is -0.710. The van der Waals surface area contributed by atoms with E-state index in [1.807, 2.05) is 24.3 Å². The molecular weight excluding hydrogens is 330 g/mol. The van der Waals surface area contributed by atoms with E-state index in [9.17, 15) is 4.79 Å². The van der Waals surface area contributed by atoms with Crippen LogP contribution in [0.4, 0.5) is 0 Å². The number of hydrogen-bond donors (Lipinski definition) is 0. The topological polar surface area (TPSA) is 29.5 Å². The third kappa shape index (κ3) is 5.53. The zero-order chi connectivity index (χ0) is 15.1. The van der Waals surface area contributed by atoms with Crippen molar-refractivity contribution in [3.63, 3.8) is 0 Å². The summed E-state index contributed by atoms with van der Waals surface area (Å²) in [4.78, 5) is 14.6. The lowest BCUT2D eigenvalue weighted by molar-refractivity contribution is -0.0000195. The molecule has 2 rings (SSSR count). The first-order valence-corrected chi connectivity index (χ1v) is 8.61. The van der Waals surface area contributed by atoms with Gasteiger partial charge in [-0.05, 0) is 37.9 Å². The minimum Gasteiger partial charge on any atom is -0.377 e. The number of nitrogens with zero attached hydrogens (tertiary/aromatic N) is 1. The van der Waals surface area contributed by atoms with Crippen LogP contribution in [0.2, 0.25) is 0 Å². The number of rotatable bonds is 7. The smallest absolute Gasteiger partial charge is 0.164 e. The van der Waals surface area contributed by atoms with Gasteiger partial charge in [0.15, 0.2) is 5.78 Å². The third-order valence-electron chi connectivity index (χ3n) is 3.82. The van der Waals surface area contributed by atoms with Crippen molar-refractivity contribution in [1.29, 1.82) is 0 Å². The summed E-state index contributed by atoms with van der Waals surface area (Å²) >= 11 is 3.41. The number of carbonyl (C=O) groups is 1. The maximum atomic E-state index is 12.2. The number of Topliss-reactive ketones (excluding diaryl/α,β-unsaturated/α-hetero) is 1. The summed E-state index contributed by atoms with van der Waals surface area (Å²) < 4.78 is 6.79. The van der Waals surface area contributed by atoms with Crippen LogP contribution in [0.25, 0.3) is 0 Å². The van der Waals surface area contributed by atoms with Crippen molar-refractivity contribution in [3.05, 3.63) is 34.3 Å². The summed E-state index contributed by atoms with van der Waals surface area (Å²) in [6.45, 7) is 5.85. The van der Waals surface area contributed by atoms with E-state index in [1.54, 1.807) is 0 Å². The van der Waals surface area contributed by atoms with Crippen LogP contribution < -0.4 is 0 Å². The maximum absolute atomic E-state index is 12.2. The molecule has 0 spiro atoms. The summed E-state index contributed by atoms with van der Waals surface area (Å²) in [6.07, 6.45) is 4.31. The van der Waals surface area contributed by atoms with Crippen LogP contribution in [-0.4, -0.2) is 43.0 Å². The van der Waals surface area contributed by atoms with E-state index in [4.69, 9.17) is 4.74 Å². The fourth-order valence-corrected chi connectivity index (χ4v) is 3.10. The van der Waals surface area contributed by atoms with Crippen molar-refractivity contribution in [2.45, 2.75) is 38.7 Å². The van der Waals surface area contributed by atoms with Gasteiger partial charge in [0.1, 0.15) is 0 Å². The first-order valence-electron chi connectivity index (χ1n) is 7.81. The largest absolute Gasteiger partial charge is 0.377 e. The van der Waals surface area contributed by atoms with Gasteiger partial charge in [-0.2, -0.15) is 0 Å². The van der Waals surface area contributed by atoms with E-state index in [1.165, 1.54) is 6.42 Å². The first kappa shape index (κ1) is 16.7. The molecule has 0 bridgehead atoms. The molecule has 3 nitrogen and oxygen atoms in total. The monoisotopic (exact) mass is 353 g/mol. The number of likely N-dealkylation sites (tertiary alicyclic amines) is 1. The van der Waals surface area contributed by atoms with Gasteiger partial charge in [-0.1, -0.05) is 35.0 Å². The van der Waals surface area contributed by atoms with Gasteiger partial charge in [-0.25, -0.2) is 0 Å². The van der Waals surface area contributed by atoms with E-state index in [-0.39, 0.29) is 5.78 Å². The Kier molecular flexibility index (Phi) is 6.87. The second-order valence-corrected chi connectivity index (χ2v) is 6.53. The molecule has 1 aromatic rings. The van der Waals surface area contributed by atoms with Crippen molar-refractivity contribution in [1.82, 2.24) is 4.90 Å². The van der Waals surface area contributed by atoms with Crippen molar-refractivity contribution in [3.8, 4) is 0 Å². The van der Waals surface area contributed by atoms with Crippen LogP contribution >= 0.6 is 15.9 Å². The average Bonchev–Trinajstić information content (AvgIpc) is 2.51. The lowest BCUT2D eigenvalue weighted by atomic mass is 10.1. The lowest BCUT2D eigenvalue weighted by Gasteiger charge is -2.32. The Labute approximate surface area is 135 Å². The van der Waals surface area contributed by atoms with Crippen molar-refractivity contribution in [2.75, 3.05) is 26.2 Å². The number of hydrogen-bond acceptors (Lipinski definition) is 3. The molecule has 0 aliphatic carbocycles. The molecule has 1 aliphatic rings. The molecule has 1 atom stereocenters. The number of benzene rings is 1. The van der Waals surface area contributed by atoms with E-state index in [0.717, 1.165) is 49.1 Å². The average molecular weight is 354 g/mol. The summed E-state index contributed by atoms with van der Waals surface area (Å²) in [5.41, 5.74) is 0.792. The zero-order valence-electron chi connectivity index (χ0n) is 12.7. The highest BCUT2D eigenvalue weighted by molar-refractivity contribution is 9.10. The molecular formula is C17H24BrNO2. The fourth-order valence-electron chi connectivity index (χ4n) is 2.70. The number of piperidine rings is 1. The van der Waals surface area contributed by atoms with E-state index < -0.39 is 0 Å². The summed E-state index contributed by atoms with van der Waals surface area (Å²) in [6, 6.07) is 7.63. The number of carbonyl (C=O) groups excluding carboxylic acids is 1. The molecule has 116 valence electrons. The zero-order valence-corrected chi connectivity index (χ0v) is 14.3. The van der Waals surface area contributed by atoms with Gasteiger partial charge in [0.2, 0.25) is 0 Å². The van der Waals surface area contributed by atoms with Crippen LogP contribution in [0.1, 0.15) is 43.0 Å². The summed E-state index contributed by atoms with van der Waals surface area (Å²) in [5.74, 6) is 0.216. The molecule has 0 saturated carbocycles. The van der Waals surface area contributed by atoms with Gasteiger partial charge < -0.3 is 9.64 Å². The normalized spacial score (nSPS) is 19.6. The van der Waals surface area contributed by atoms with E-state index >= 15 is 0 Å². The van der Waals surface area contributed by atoms with E-state index in [0.29, 0.717) is 12.5 Å². The Morgan fingerprint density at radius 3 is 3.10 bits per heavy atom. The maximum Gasteiger partial charge on any atom is 0.164 e. The number of halogens is 1. The van der Waals surface area contributed by atoms with Gasteiger partial charge in [-0.3, -0.25) is 4.79 Å². The minimum atomic E-state index is 0.216. The van der Waals surface area contributed by atoms with Crippen LogP contribution in [0, 0.1) is 0 Å². The summed E-state index contributed by atoms with van der Waals surface area (Å²) in [7, 11) is 0. The van der Waals surface area contributed by atoms with E-state index in [2.05, 4.69) is 27.8 Å². The standard InChI is InChI=1S/C17H24BrNO2/c1-2-11-21-16-7-4-9-19(13-16)10-8-17(20)14-5-3-6-15(18)12-14/h3,5-6,12,16H,2,4,7-11,13H2,1H3. The highest BCUT2D eigenvalue weighted by atomic mass is 79.9. The molecule has 1 aromatic carbocycles. The minimum absolute atomic E-state index is 0.216. The summed E-state index contributed by atoms with van der Waals surface area (Å²) in [5, 5.41) is 0. The van der Waals surface area contributed by atoms with Gasteiger partial charge >= 0.3 is 0 Å². The molecule has 1 fully saturated rings. The van der Waals surface area contributed by atoms with Gasteiger partial charge in [0.25, 0.3) is 0 Å². The predicted octanol–water partition coefficient (Wildman–Crippen LogP) is 3.91. The molecule has 0 aromatic heterocycles. The SMILES string of the molecule is CCCOC1CCCN(CCC(=O)c2cccc(Br)c2)C1. The quantitative estimate of drug-likeness (QED) is 0.696. The first-order chi connectivity index (χ1) is 10.2. The Morgan fingerprint density at radius 2 is 2.33 bits per heavy atom. The Balaban J connectivity index is 1.78. The molecule has 1 unspecified atom stereocenters. The molecule has 1 aliphatic heterocycles. The van der Waals surface area contributed by atoms with Crippen LogP contribution in [0.3, 0.4) is 0 Å². The highest BCUT2D eigenvalue weighted by Crippen LogP contribution is 2.16. The predicted molar refractivity (Wildman–Crippen MR) is 88.8 cm³/mol. The number of ether oxygens (including phenoxy) is 1. The third-order valence-corrected chi connectivity index (χ3v) is 4.31. The van der Waals surface area contributed by atoms with Crippen LogP contribution in [0.5, 0.6) is 0 Å². The molecule has 21 heavy (non-hydrogen) atoms. The molecule has 0 radical (unpaired) electrons. The molecule has 4 heteroatoms. The molecule has 0 N–H and O–H groups in total. The Morgan fingerprint density at radius 1 is 1.48 bits per heavy atom. The van der Waals surface area contributed by atoms with Gasteiger partial charge in [-0.15, -0.1) is 0 Å². The second kappa shape index (κ2) is 8.66. The lowest BCUT2D eigenvalue weighted by Crippen LogP contribution is -2.40. The van der Waals surface area contributed by atoms with Crippen molar-refractivity contribution < 1.29 is 9.53 Å². The molecule has 1 heterocycles. The highest BCUT2D eigenvalue weighted by Gasteiger charge is 2.20. The van der Waals surface area contributed by atoms with Crippen LogP contribution in [0.15, 0.2) is 28.7 Å². The van der Waals surface area contributed by atoms with Gasteiger partial charge in [0, 0.05) is 36.2 Å². The second-order valence-electron chi connectivity index (χ2n) is 5.62. The fraction of sp³-hybridized carbons (Fsp3) is 0.588. The Bertz CT molecular complexity index is 464. The molecule has 0 amide bonds. The number of ketones is 1. The molecule has 1 saturated heterocycles. The van der Waals surface area contributed by atoms with Crippen molar-refractivity contribution >= 4 is 21.7 Å². The van der Waals surface area contributed by atoms with Crippen molar-refractivity contribution in [2.24, 2.45) is 0 Å².